The number of nitrogens with zero attached hydrogens (tertiary/aromatic N) is 2. The van der Waals surface area contributed by atoms with Crippen molar-refractivity contribution in [1.82, 2.24) is 15.1 Å². The highest BCUT2D eigenvalue weighted by Gasteiger charge is 2.14. The van der Waals surface area contributed by atoms with E-state index in [4.69, 9.17) is 16.1 Å². The van der Waals surface area contributed by atoms with E-state index in [2.05, 4.69) is 15.1 Å². The highest BCUT2D eigenvalue weighted by atomic mass is 35.5. The Morgan fingerprint density at radius 2 is 2.40 bits per heavy atom. The van der Waals surface area contributed by atoms with Crippen LogP contribution in [0.3, 0.4) is 0 Å². The topological polar surface area (TPSA) is 71.8 Å². The van der Waals surface area contributed by atoms with Crippen LogP contribution in [0.15, 0.2) is 27.8 Å². The summed E-state index contributed by atoms with van der Waals surface area (Å²) in [7, 11) is 0. The fourth-order valence-corrected chi connectivity index (χ4v) is 1.18. The maximum absolute atomic E-state index is 11.4. The Morgan fingerprint density at radius 1 is 1.60 bits per heavy atom. The van der Waals surface area contributed by atoms with Gasteiger partial charge in [-0.25, -0.2) is 0 Å². The van der Waals surface area contributed by atoms with Gasteiger partial charge in [-0.15, -0.1) is 11.6 Å². The first-order valence-corrected chi connectivity index (χ1v) is 4.77. The molecule has 0 aliphatic heterocycles. The van der Waals surface area contributed by atoms with Gasteiger partial charge in [0.25, 0.3) is 5.89 Å². The number of alkyl halides is 1. The summed E-state index contributed by atoms with van der Waals surface area (Å²) in [6, 6.07) is 1.39. The third kappa shape index (κ3) is 1.92. The number of hydrogen-bond donors (Lipinski definition) is 1. The lowest BCUT2D eigenvalue weighted by Gasteiger charge is -1.91. The standard InChI is InChI=1S/C9H8ClN3O2/c1-5(10)8-12-9(15-13-8)6-4-11-3-2-7(6)14/h2-5H,1H3,(H,11,14). The predicted octanol–water partition coefficient (Wildman–Crippen LogP) is 1.72. The van der Waals surface area contributed by atoms with E-state index in [1.807, 2.05) is 0 Å². The summed E-state index contributed by atoms with van der Waals surface area (Å²) in [4.78, 5) is 18.2. The molecule has 5 nitrogen and oxygen atoms in total. The van der Waals surface area contributed by atoms with Crippen LogP contribution in [-0.2, 0) is 0 Å². The van der Waals surface area contributed by atoms with Gasteiger partial charge in [-0.1, -0.05) is 5.16 Å². The SMILES string of the molecule is CC(Cl)c1noc(-c2c[nH]ccc2=O)n1. The molecule has 0 bridgehead atoms. The summed E-state index contributed by atoms with van der Waals surface area (Å²) in [5.41, 5.74) is 0.166. The second kappa shape index (κ2) is 3.86. The van der Waals surface area contributed by atoms with Crippen LogP contribution in [0, 0.1) is 0 Å². The first kappa shape index (κ1) is 9.92. The lowest BCUT2D eigenvalue weighted by Crippen LogP contribution is -2.02. The summed E-state index contributed by atoms with van der Waals surface area (Å²) in [6.07, 6.45) is 3.05. The number of pyridine rings is 1. The molecule has 0 saturated heterocycles. The average molecular weight is 226 g/mol. The van der Waals surface area contributed by atoms with Crippen molar-refractivity contribution in [3.05, 3.63) is 34.5 Å². The van der Waals surface area contributed by atoms with Gasteiger partial charge in [0.05, 0.1) is 5.38 Å². The zero-order valence-electron chi connectivity index (χ0n) is 7.90. The smallest absolute Gasteiger partial charge is 0.263 e. The molecule has 0 amide bonds. The maximum Gasteiger partial charge on any atom is 0.263 e. The van der Waals surface area contributed by atoms with E-state index < -0.39 is 0 Å². The largest absolute Gasteiger partial charge is 0.367 e. The van der Waals surface area contributed by atoms with Crippen molar-refractivity contribution < 1.29 is 4.52 Å². The van der Waals surface area contributed by atoms with Crippen molar-refractivity contribution in [2.24, 2.45) is 0 Å². The molecule has 0 radical (unpaired) electrons. The van der Waals surface area contributed by atoms with E-state index in [0.717, 1.165) is 0 Å². The number of rotatable bonds is 2. The van der Waals surface area contributed by atoms with Crippen molar-refractivity contribution in [1.29, 1.82) is 0 Å². The summed E-state index contributed by atoms with van der Waals surface area (Å²) >= 11 is 5.77. The molecule has 0 saturated carbocycles. The first-order chi connectivity index (χ1) is 7.18. The lowest BCUT2D eigenvalue weighted by molar-refractivity contribution is 0.422. The van der Waals surface area contributed by atoms with Gasteiger partial charge < -0.3 is 9.51 Å². The Bertz CT molecular complexity index is 518. The molecular formula is C9H8ClN3O2. The molecule has 2 aromatic rings. The molecule has 0 fully saturated rings. The Morgan fingerprint density at radius 3 is 3.00 bits per heavy atom. The third-order valence-electron chi connectivity index (χ3n) is 1.85. The Labute approximate surface area is 90.1 Å². The van der Waals surface area contributed by atoms with Crippen molar-refractivity contribution in [2.75, 3.05) is 0 Å². The van der Waals surface area contributed by atoms with Crippen LogP contribution in [-0.4, -0.2) is 15.1 Å². The van der Waals surface area contributed by atoms with E-state index in [1.54, 1.807) is 6.92 Å². The molecule has 0 aliphatic rings. The molecule has 2 aromatic heterocycles. The van der Waals surface area contributed by atoms with Gasteiger partial charge in [-0.3, -0.25) is 4.79 Å². The number of aromatic nitrogens is 3. The highest BCUT2D eigenvalue weighted by molar-refractivity contribution is 6.20. The van der Waals surface area contributed by atoms with Crippen molar-refractivity contribution in [3.63, 3.8) is 0 Å². The van der Waals surface area contributed by atoms with Crippen LogP contribution in [0.2, 0.25) is 0 Å². The normalized spacial score (nSPS) is 12.7. The fourth-order valence-electron chi connectivity index (χ4n) is 1.09. The van der Waals surface area contributed by atoms with Crippen molar-refractivity contribution >= 4 is 11.6 Å². The van der Waals surface area contributed by atoms with E-state index in [0.29, 0.717) is 11.4 Å². The molecular weight excluding hydrogens is 218 g/mol. The number of nitrogens with one attached hydrogen (secondary N) is 1. The van der Waals surface area contributed by atoms with Crippen LogP contribution < -0.4 is 5.43 Å². The van der Waals surface area contributed by atoms with Crippen LogP contribution in [0.25, 0.3) is 11.5 Å². The predicted molar refractivity (Wildman–Crippen MR) is 54.6 cm³/mol. The lowest BCUT2D eigenvalue weighted by atomic mass is 10.3. The number of hydrogen-bond acceptors (Lipinski definition) is 4. The maximum atomic E-state index is 11.4. The van der Waals surface area contributed by atoms with E-state index in [1.165, 1.54) is 18.5 Å². The summed E-state index contributed by atoms with van der Waals surface area (Å²) in [5, 5.41) is 3.32. The molecule has 1 N–H and O–H groups in total. The van der Waals surface area contributed by atoms with E-state index >= 15 is 0 Å². The molecule has 2 heterocycles. The molecule has 1 unspecified atom stereocenters. The minimum atomic E-state index is -0.342. The van der Waals surface area contributed by atoms with E-state index in [9.17, 15) is 4.79 Å². The van der Waals surface area contributed by atoms with Gasteiger partial charge in [0, 0.05) is 18.5 Å². The number of aromatic amines is 1. The summed E-state index contributed by atoms with van der Waals surface area (Å²) in [5.74, 6) is 0.550. The Hall–Kier alpha value is -1.62. The van der Waals surface area contributed by atoms with Gasteiger partial charge >= 0.3 is 0 Å². The molecule has 0 aliphatic carbocycles. The monoisotopic (exact) mass is 225 g/mol. The fraction of sp³-hybridized carbons (Fsp3) is 0.222. The van der Waals surface area contributed by atoms with Gasteiger partial charge in [0.2, 0.25) is 0 Å². The van der Waals surface area contributed by atoms with Gasteiger partial charge in [-0.05, 0) is 6.92 Å². The molecule has 78 valence electrons. The molecule has 1 atom stereocenters. The molecule has 0 aromatic carbocycles. The molecule has 2 rings (SSSR count). The summed E-state index contributed by atoms with van der Waals surface area (Å²) in [6.45, 7) is 1.73. The molecule has 15 heavy (non-hydrogen) atoms. The van der Waals surface area contributed by atoms with Crippen molar-refractivity contribution in [2.45, 2.75) is 12.3 Å². The zero-order valence-corrected chi connectivity index (χ0v) is 8.65. The van der Waals surface area contributed by atoms with Gasteiger partial charge in [-0.2, -0.15) is 4.98 Å². The number of H-pyrrole nitrogens is 1. The Kier molecular flexibility index (Phi) is 2.55. The molecule has 0 spiro atoms. The average Bonchev–Trinajstić information content (AvgIpc) is 2.67. The minimum absolute atomic E-state index is 0.175. The quantitative estimate of drug-likeness (QED) is 0.790. The third-order valence-corrected chi connectivity index (χ3v) is 2.05. The van der Waals surface area contributed by atoms with Crippen LogP contribution in [0.5, 0.6) is 0 Å². The second-order valence-corrected chi connectivity index (χ2v) is 3.65. The van der Waals surface area contributed by atoms with E-state index in [-0.39, 0.29) is 16.7 Å². The zero-order chi connectivity index (χ0) is 10.8. The Balaban J connectivity index is 2.47. The minimum Gasteiger partial charge on any atom is -0.367 e. The van der Waals surface area contributed by atoms with Crippen LogP contribution >= 0.6 is 11.6 Å². The molecule has 6 heteroatoms. The summed E-state index contributed by atoms with van der Waals surface area (Å²) < 4.78 is 4.93. The van der Waals surface area contributed by atoms with Crippen molar-refractivity contribution in [3.8, 4) is 11.5 Å². The van der Waals surface area contributed by atoms with Gasteiger partial charge in [0.15, 0.2) is 11.3 Å². The highest BCUT2D eigenvalue weighted by Crippen LogP contribution is 2.19. The van der Waals surface area contributed by atoms with Gasteiger partial charge in [0.1, 0.15) is 5.56 Å². The van der Waals surface area contributed by atoms with Crippen LogP contribution in [0.1, 0.15) is 18.1 Å². The first-order valence-electron chi connectivity index (χ1n) is 4.33. The number of halogens is 1. The second-order valence-electron chi connectivity index (χ2n) is 3.00. The van der Waals surface area contributed by atoms with Crippen LogP contribution in [0.4, 0.5) is 0 Å².